The van der Waals surface area contributed by atoms with E-state index < -0.39 is 5.41 Å². The molecule has 0 N–H and O–H groups in total. The van der Waals surface area contributed by atoms with Gasteiger partial charge in [0.05, 0.1) is 6.07 Å². The molecule has 1 aliphatic carbocycles. The summed E-state index contributed by atoms with van der Waals surface area (Å²) < 4.78 is 0. The fraction of sp³-hybridized carbons (Fsp3) is 0.857. The van der Waals surface area contributed by atoms with Crippen LogP contribution in [0.1, 0.15) is 33.1 Å². The van der Waals surface area contributed by atoms with Crippen molar-refractivity contribution in [2.75, 3.05) is 26.7 Å². The number of likely N-dealkylation sites (N-methyl/N-ethyl adjacent to an activating group) is 1. The lowest BCUT2D eigenvalue weighted by Gasteiger charge is -2.46. The maximum absolute atomic E-state index is 12.5. The highest BCUT2D eigenvalue weighted by atomic mass is 16.2. The molecule has 0 aromatic rings. The Hall–Kier alpha value is -1.08. The predicted molar refractivity (Wildman–Crippen MR) is 69.7 cm³/mol. The number of nitrogens with zero attached hydrogens (tertiary/aromatic N) is 3. The zero-order valence-electron chi connectivity index (χ0n) is 11.6. The van der Waals surface area contributed by atoms with Gasteiger partial charge in [0, 0.05) is 25.7 Å². The van der Waals surface area contributed by atoms with E-state index in [2.05, 4.69) is 31.9 Å². The topological polar surface area (TPSA) is 47.3 Å². The number of nitriles is 1. The molecule has 0 spiro atoms. The lowest BCUT2D eigenvalue weighted by Crippen LogP contribution is -2.58. The third kappa shape index (κ3) is 2.12. The van der Waals surface area contributed by atoms with Gasteiger partial charge in [-0.2, -0.15) is 5.26 Å². The Bertz CT molecular complexity index is 368. The molecule has 1 heterocycles. The minimum atomic E-state index is -0.701. The van der Waals surface area contributed by atoms with Crippen LogP contribution in [0.2, 0.25) is 0 Å². The monoisotopic (exact) mass is 249 g/mol. The predicted octanol–water partition coefficient (Wildman–Crippen LogP) is 1.48. The van der Waals surface area contributed by atoms with E-state index in [1.54, 1.807) is 0 Å². The molecule has 4 nitrogen and oxygen atoms in total. The third-order valence-corrected chi connectivity index (χ3v) is 4.55. The number of rotatable bonds is 2. The van der Waals surface area contributed by atoms with Gasteiger partial charge >= 0.3 is 0 Å². The molecule has 0 aromatic carbocycles. The van der Waals surface area contributed by atoms with Crippen molar-refractivity contribution in [1.29, 1.82) is 5.26 Å². The van der Waals surface area contributed by atoms with Crippen LogP contribution in [0.5, 0.6) is 0 Å². The van der Waals surface area contributed by atoms with Crippen molar-refractivity contribution in [2.45, 2.75) is 39.2 Å². The van der Waals surface area contributed by atoms with E-state index in [-0.39, 0.29) is 5.91 Å². The third-order valence-electron chi connectivity index (χ3n) is 4.55. The van der Waals surface area contributed by atoms with Gasteiger partial charge in [-0.3, -0.25) is 9.69 Å². The van der Waals surface area contributed by atoms with Crippen molar-refractivity contribution in [3.63, 3.8) is 0 Å². The number of carbonyl (C=O) groups excluding carboxylic acids is 1. The van der Waals surface area contributed by atoms with Gasteiger partial charge in [0.1, 0.15) is 5.41 Å². The summed E-state index contributed by atoms with van der Waals surface area (Å²) in [5, 5.41) is 9.32. The number of piperazine rings is 1. The van der Waals surface area contributed by atoms with Gasteiger partial charge in [-0.25, -0.2) is 0 Å². The summed E-state index contributed by atoms with van der Waals surface area (Å²) in [5.74, 6) is 0.595. The van der Waals surface area contributed by atoms with Gasteiger partial charge in [0.25, 0.3) is 0 Å². The van der Waals surface area contributed by atoms with Gasteiger partial charge in [0.2, 0.25) is 5.91 Å². The van der Waals surface area contributed by atoms with Crippen molar-refractivity contribution < 1.29 is 4.79 Å². The molecule has 2 aliphatic rings. The SMILES string of the molecule is CCC1CN(C(=O)C2(C#N)CC(C)C2)CCN1C. The highest BCUT2D eigenvalue weighted by Gasteiger charge is 2.51. The van der Waals surface area contributed by atoms with Crippen LogP contribution in [0.3, 0.4) is 0 Å². The Balaban J connectivity index is 2.04. The van der Waals surface area contributed by atoms with Gasteiger partial charge < -0.3 is 4.90 Å². The molecule has 1 aliphatic heterocycles. The van der Waals surface area contributed by atoms with Gasteiger partial charge in [0.15, 0.2) is 0 Å². The number of carbonyl (C=O) groups is 1. The maximum Gasteiger partial charge on any atom is 0.243 e. The highest BCUT2D eigenvalue weighted by molar-refractivity contribution is 5.86. The minimum Gasteiger partial charge on any atom is -0.338 e. The van der Waals surface area contributed by atoms with E-state index in [0.29, 0.717) is 12.0 Å². The Morgan fingerprint density at radius 2 is 2.11 bits per heavy atom. The van der Waals surface area contributed by atoms with Crippen LogP contribution >= 0.6 is 0 Å². The molecule has 0 aromatic heterocycles. The maximum atomic E-state index is 12.5. The molecule has 1 amide bonds. The van der Waals surface area contributed by atoms with Crippen molar-refractivity contribution in [3.8, 4) is 6.07 Å². The lowest BCUT2D eigenvalue weighted by molar-refractivity contribution is -0.148. The van der Waals surface area contributed by atoms with E-state index in [0.717, 1.165) is 38.9 Å². The van der Waals surface area contributed by atoms with Crippen molar-refractivity contribution >= 4 is 5.91 Å². The average molecular weight is 249 g/mol. The van der Waals surface area contributed by atoms with Crippen LogP contribution in [-0.2, 0) is 4.79 Å². The molecule has 2 fully saturated rings. The van der Waals surface area contributed by atoms with Gasteiger partial charge in [-0.1, -0.05) is 13.8 Å². The normalized spacial score (nSPS) is 36.9. The largest absolute Gasteiger partial charge is 0.338 e. The zero-order valence-corrected chi connectivity index (χ0v) is 11.6. The standard InChI is InChI=1S/C14H23N3O/c1-4-12-9-17(6-5-16(12)3)13(18)14(10-15)7-11(2)8-14/h11-12H,4-9H2,1-3H3. The minimum absolute atomic E-state index is 0.0784. The Labute approximate surface area is 110 Å². The first kappa shape index (κ1) is 13.4. The second-order valence-electron chi connectivity index (χ2n) is 6.00. The molecular formula is C14H23N3O. The van der Waals surface area contributed by atoms with Gasteiger partial charge in [-0.05, 0) is 32.2 Å². The first-order valence-electron chi connectivity index (χ1n) is 6.93. The molecular weight excluding hydrogens is 226 g/mol. The summed E-state index contributed by atoms with van der Waals surface area (Å²) in [6.45, 7) is 6.73. The summed E-state index contributed by atoms with van der Waals surface area (Å²) in [6, 6.07) is 2.72. The van der Waals surface area contributed by atoms with Crippen molar-refractivity contribution in [1.82, 2.24) is 9.80 Å². The first-order chi connectivity index (χ1) is 8.52. The van der Waals surface area contributed by atoms with E-state index >= 15 is 0 Å². The molecule has 100 valence electrons. The Morgan fingerprint density at radius 3 is 2.61 bits per heavy atom. The van der Waals surface area contributed by atoms with Crippen LogP contribution in [0, 0.1) is 22.7 Å². The molecule has 1 saturated heterocycles. The first-order valence-corrected chi connectivity index (χ1v) is 6.93. The van der Waals surface area contributed by atoms with Crippen LogP contribution in [0.15, 0.2) is 0 Å². The van der Waals surface area contributed by atoms with Crippen LogP contribution in [-0.4, -0.2) is 48.4 Å². The smallest absolute Gasteiger partial charge is 0.243 e. The molecule has 0 bridgehead atoms. The molecule has 0 radical (unpaired) electrons. The molecule has 18 heavy (non-hydrogen) atoms. The Morgan fingerprint density at radius 1 is 1.44 bits per heavy atom. The Kier molecular flexibility index (Phi) is 3.63. The molecule has 2 rings (SSSR count). The summed E-state index contributed by atoms with van der Waals surface area (Å²) in [4.78, 5) is 16.8. The fourth-order valence-electron chi connectivity index (χ4n) is 3.32. The molecule has 1 atom stereocenters. The number of hydrogen-bond donors (Lipinski definition) is 0. The van der Waals surface area contributed by atoms with Crippen LogP contribution in [0.4, 0.5) is 0 Å². The van der Waals surface area contributed by atoms with Crippen LogP contribution < -0.4 is 0 Å². The zero-order chi connectivity index (χ0) is 13.3. The van der Waals surface area contributed by atoms with E-state index in [9.17, 15) is 10.1 Å². The van der Waals surface area contributed by atoms with Gasteiger partial charge in [-0.15, -0.1) is 0 Å². The second kappa shape index (κ2) is 4.89. The lowest BCUT2D eigenvalue weighted by atomic mass is 9.62. The molecule has 1 saturated carbocycles. The summed E-state index contributed by atoms with van der Waals surface area (Å²) in [7, 11) is 2.11. The van der Waals surface area contributed by atoms with E-state index in [1.165, 1.54) is 0 Å². The number of hydrogen-bond acceptors (Lipinski definition) is 3. The molecule has 4 heteroatoms. The molecule has 1 unspecified atom stereocenters. The van der Waals surface area contributed by atoms with Crippen molar-refractivity contribution in [3.05, 3.63) is 0 Å². The summed E-state index contributed by atoms with van der Waals surface area (Å²) in [5.41, 5.74) is -0.701. The highest BCUT2D eigenvalue weighted by Crippen LogP contribution is 2.46. The second-order valence-corrected chi connectivity index (χ2v) is 6.00. The van der Waals surface area contributed by atoms with Crippen LogP contribution in [0.25, 0.3) is 0 Å². The summed E-state index contributed by atoms with van der Waals surface area (Å²) >= 11 is 0. The summed E-state index contributed by atoms with van der Waals surface area (Å²) in [6.07, 6.45) is 2.53. The van der Waals surface area contributed by atoms with E-state index in [1.807, 2.05) is 4.90 Å². The van der Waals surface area contributed by atoms with Crippen molar-refractivity contribution in [2.24, 2.45) is 11.3 Å². The quantitative estimate of drug-likeness (QED) is 0.744. The fourth-order valence-corrected chi connectivity index (χ4v) is 3.32. The number of amides is 1. The van der Waals surface area contributed by atoms with E-state index in [4.69, 9.17) is 0 Å². The average Bonchev–Trinajstić information content (AvgIpc) is 2.34.